The monoisotopic (exact) mass is 1300 g/mol. The summed E-state index contributed by atoms with van der Waals surface area (Å²) in [6.07, 6.45) is 45.7. The van der Waals surface area contributed by atoms with Crippen molar-refractivity contribution in [1.82, 2.24) is 0 Å². The lowest BCUT2D eigenvalue weighted by atomic mass is 9.99. The number of carbonyl (C=O) groups excluding carboxylic acids is 4. The van der Waals surface area contributed by atoms with Gasteiger partial charge in [-0.25, -0.2) is 9.13 Å². The van der Waals surface area contributed by atoms with Gasteiger partial charge < -0.3 is 33.8 Å². The Morgan fingerprint density at radius 3 is 0.864 bits per heavy atom. The van der Waals surface area contributed by atoms with E-state index in [2.05, 4.69) is 41.5 Å². The van der Waals surface area contributed by atoms with Gasteiger partial charge in [0.1, 0.15) is 19.3 Å². The van der Waals surface area contributed by atoms with Crippen LogP contribution in [0.5, 0.6) is 0 Å². The number of hydrogen-bond donors (Lipinski definition) is 3. The first-order valence-electron chi connectivity index (χ1n) is 36.0. The fourth-order valence-electron chi connectivity index (χ4n) is 10.4. The van der Waals surface area contributed by atoms with Crippen LogP contribution in [0.1, 0.15) is 350 Å². The molecule has 0 aliphatic rings. The summed E-state index contributed by atoms with van der Waals surface area (Å²) in [5.74, 6) is -0.531. The second kappa shape index (κ2) is 61.3. The lowest BCUT2D eigenvalue weighted by Crippen LogP contribution is -2.30. The number of phosphoric acid groups is 2. The molecule has 19 heteroatoms. The Bertz CT molecular complexity index is 1720. The molecule has 0 fully saturated rings. The van der Waals surface area contributed by atoms with Crippen LogP contribution in [0, 0.1) is 11.8 Å². The fourth-order valence-corrected chi connectivity index (χ4v) is 12.0. The van der Waals surface area contributed by atoms with Crippen molar-refractivity contribution in [2.45, 2.75) is 368 Å². The molecule has 0 amide bonds. The van der Waals surface area contributed by atoms with E-state index < -0.39 is 97.5 Å². The number of phosphoric ester groups is 2. The summed E-state index contributed by atoms with van der Waals surface area (Å²) in [5, 5.41) is 10.6. The predicted octanol–water partition coefficient (Wildman–Crippen LogP) is 19.6. The molecule has 0 spiro atoms. The van der Waals surface area contributed by atoms with Gasteiger partial charge in [0.05, 0.1) is 26.4 Å². The lowest BCUT2D eigenvalue weighted by molar-refractivity contribution is -0.161. The minimum Gasteiger partial charge on any atom is -0.462 e. The van der Waals surface area contributed by atoms with Crippen LogP contribution < -0.4 is 0 Å². The van der Waals surface area contributed by atoms with E-state index in [1.807, 2.05) is 0 Å². The lowest BCUT2D eigenvalue weighted by Gasteiger charge is -2.21. The van der Waals surface area contributed by atoms with Crippen LogP contribution in [0.25, 0.3) is 0 Å². The Balaban J connectivity index is 5.22. The van der Waals surface area contributed by atoms with Gasteiger partial charge in [0.25, 0.3) is 0 Å². The van der Waals surface area contributed by atoms with E-state index in [1.54, 1.807) is 0 Å². The number of aliphatic hydroxyl groups excluding tert-OH is 1. The summed E-state index contributed by atoms with van der Waals surface area (Å²) >= 11 is 0. The average Bonchev–Trinajstić information content (AvgIpc) is 3.50. The van der Waals surface area contributed by atoms with Crippen LogP contribution in [0.2, 0.25) is 0 Å². The van der Waals surface area contributed by atoms with E-state index in [1.165, 1.54) is 161 Å². The van der Waals surface area contributed by atoms with Crippen molar-refractivity contribution in [3.63, 3.8) is 0 Å². The highest BCUT2D eigenvalue weighted by atomic mass is 31.2. The smallest absolute Gasteiger partial charge is 0.462 e. The summed E-state index contributed by atoms with van der Waals surface area (Å²) < 4.78 is 68.2. The van der Waals surface area contributed by atoms with E-state index in [0.717, 1.165) is 108 Å². The molecule has 0 rings (SSSR count). The molecule has 0 radical (unpaired) electrons. The first-order valence-corrected chi connectivity index (χ1v) is 39.0. The van der Waals surface area contributed by atoms with Gasteiger partial charge in [0.2, 0.25) is 0 Å². The number of carbonyl (C=O) groups is 4. The maximum absolute atomic E-state index is 13.0. The minimum absolute atomic E-state index is 0.106. The molecule has 88 heavy (non-hydrogen) atoms. The van der Waals surface area contributed by atoms with Crippen molar-refractivity contribution in [2.24, 2.45) is 11.8 Å². The van der Waals surface area contributed by atoms with Crippen LogP contribution in [0.4, 0.5) is 0 Å². The zero-order chi connectivity index (χ0) is 65.0. The molecule has 0 aromatic carbocycles. The molecular formula is C69H134O17P2. The van der Waals surface area contributed by atoms with Crippen LogP contribution in [-0.4, -0.2) is 96.7 Å². The molecule has 0 aromatic rings. The Hall–Kier alpha value is -1.94. The molecule has 0 heterocycles. The predicted molar refractivity (Wildman–Crippen MR) is 354 cm³/mol. The van der Waals surface area contributed by atoms with Crippen molar-refractivity contribution in [1.29, 1.82) is 0 Å². The summed E-state index contributed by atoms with van der Waals surface area (Å²) in [6.45, 7) is 9.55. The quantitative estimate of drug-likeness (QED) is 0.0222. The molecule has 0 bridgehead atoms. The zero-order valence-electron chi connectivity index (χ0n) is 57.0. The van der Waals surface area contributed by atoms with E-state index in [0.29, 0.717) is 25.7 Å². The van der Waals surface area contributed by atoms with Gasteiger partial charge in [-0.15, -0.1) is 0 Å². The highest BCUT2D eigenvalue weighted by Crippen LogP contribution is 2.45. The van der Waals surface area contributed by atoms with Gasteiger partial charge in [-0.2, -0.15) is 0 Å². The third-order valence-corrected chi connectivity index (χ3v) is 18.2. The number of rotatable bonds is 68. The molecule has 0 aromatic heterocycles. The standard InChI is InChI=1S/C69H134O17P2/c1-7-10-12-14-16-18-28-35-41-47-53-68(73)85-64(57-79-66(71)51-45-39-33-17-15-13-11-8-2)59-83-87(75,76)81-55-63(70)56-82-88(77,78)84-60-65(58-80-67(72)52-46-40-34-29-25-24-27-32-38-44-50-62(6)9-3)86-69(74)54-48-42-36-30-23-21-19-20-22-26-31-37-43-49-61(4)5/h61-65,70H,7-60H2,1-6H3,(H,75,76)(H,77,78)/t62?,63-,64+,65+/m0/s1. The number of unbranched alkanes of at least 4 members (excludes halogenated alkanes) is 37. The summed E-state index contributed by atoms with van der Waals surface area (Å²) in [5.41, 5.74) is 0. The van der Waals surface area contributed by atoms with Gasteiger partial charge >= 0.3 is 39.5 Å². The van der Waals surface area contributed by atoms with Gasteiger partial charge in [0.15, 0.2) is 12.2 Å². The minimum atomic E-state index is -4.95. The highest BCUT2D eigenvalue weighted by Gasteiger charge is 2.30. The maximum atomic E-state index is 13.0. The Morgan fingerprint density at radius 1 is 0.330 bits per heavy atom. The van der Waals surface area contributed by atoms with Crippen LogP contribution >= 0.6 is 15.6 Å². The SMILES string of the molecule is CCCCCCCCCCCCC(=O)O[C@H](COC(=O)CCCCCCCCCC)COP(=O)(O)OC[C@H](O)COP(=O)(O)OC[C@@H](COC(=O)CCCCCCCCCCCCC(C)CC)OC(=O)CCCCCCCCCCCCCCCC(C)C. The first-order chi connectivity index (χ1) is 42.4. The Labute approximate surface area is 537 Å². The summed E-state index contributed by atoms with van der Waals surface area (Å²) in [4.78, 5) is 72.4. The van der Waals surface area contributed by atoms with Crippen molar-refractivity contribution in [3.05, 3.63) is 0 Å². The van der Waals surface area contributed by atoms with Crippen LogP contribution in [-0.2, 0) is 65.4 Å². The number of hydrogen-bond acceptors (Lipinski definition) is 15. The molecule has 522 valence electrons. The van der Waals surface area contributed by atoms with Gasteiger partial charge in [-0.05, 0) is 37.5 Å². The van der Waals surface area contributed by atoms with E-state index in [4.69, 9.17) is 37.0 Å². The van der Waals surface area contributed by atoms with Crippen molar-refractivity contribution >= 4 is 39.5 Å². The second-order valence-corrected chi connectivity index (χ2v) is 28.5. The maximum Gasteiger partial charge on any atom is 0.472 e. The van der Waals surface area contributed by atoms with E-state index in [-0.39, 0.29) is 25.7 Å². The van der Waals surface area contributed by atoms with E-state index >= 15 is 0 Å². The molecule has 0 aliphatic carbocycles. The number of ether oxygens (including phenoxy) is 4. The molecule has 0 aliphatic heterocycles. The molecule has 3 unspecified atom stereocenters. The Morgan fingerprint density at radius 2 is 0.580 bits per heavy atom. The summed E-state index contributed by atoms with van der Waals surface area (Å²) in [6, 6.07) is 0. The highest BCUT2D eigenvalue weighted by molar-refractivity contribution is 7.47. The van der Waals surface area contributed by atoms with Gasteiger partial charge in [-0.1, -0.05) is 298 Å². The molecule has 0 saturated heterocycles. The largest absolute Gasteiger partial charge is 0.472 e. The van der Waals surface area contributed by atoms with Crippen LogP contribution in [0.15, 0.2) is 0 Å². The molecule has 3 N–H and O–H groups in total. The zero-order valence-corrected chi connectivity index (χ0v) is 58.8. The van der Waals surface area contributed by atoms with Crippen molar-refractivity contribution in [2.75, 3.05) is 39.6 Å². The van der Waals surface area contributed by atoms with E-state index in [9.17, 15) is 43.2 Å². The van der Waals surface area contributed by atoms with Crippen LogP contribution in [0.3, 0.4) is 0 Å². The van der Waals surface area contributed by atoms with Gasteiger partial charge in [0, 0.05) is 25.7 Å². The third kappa shape index (κ3) is 61.6. The second-order valence-electron chi connectivity index (χ2n) is 25.6. The number of aliphatic hydroxyl groups is 1. The fraction of sp³-hybridized carbons (Fsp3) is 0.942. The molecular weight excluding hydrogens is 1160 g/mol. The number of esters is 4. The van der Waals surface area contributed by atoms with Gasteiger partial charge in [-0.3, -0.25) is 37.3 Å². The average molecular weight is 1300 g/mol. The molecule has 0 saturated carbocycles. The Kier molecular flexibility index (Phi) is 59.9. The third-order valence-electron chi connectivity index (χ3n) is 16.3. The summed E-state index contributed by atoms with van der Waals surface area (Å²) in [7, 11) is -9.89. The molecule has 17 nitrogen and oxygen atoms in total. The normalized spacial score (nSPS) is 14.5. The molecule has 6 atom stereocenters. The van der Waals surface area contributed by atoms with Crippen molar-refractivity contribution in [3.8, 4) is 0 Å². The topological polar surface area (TPSA) is 237 Å². The van der Waals surface area contributed by atoms with Crippen molar-refractivity contribution < 1.29 is 80.2 Å². The first kappa shape index (κ1) is 86.1.